The first-order valence-corrected chi connectivity index (χ1v) is 15.3. The lowest BCUT2D eigenvalue weighted by atomic mass is 10.1. The number of hydrogen-bond donors (Lipinski definition) is 1. The van der Waals surface area contributed by atoms with Gasteiger partial charge in [0.25, 0.3) is 15.9 Å². The first-order valence-electron chi connectivity index (χ1n) is 13.0. The molecule has 1 heterocycles. The summed E-state index contributed by atoms with van der Waals surface area (Å²) in [7, 11) is -1.29. The zero-order valence-electron chi connectivity index (χ0n) is 24.3. The molecule has 0 radical (unpaired) electrons. The molecule has 0 saturated carbocycles. The average molecular weight is 654 g/mol. The number of nitrogens with one attached hydrogen (secondary N) is 1. The Morgan fingerprint density at radius 1 is 0.952 bits per heavy atom. The largest absolute Gasteiger partial charge is 0.493 e. The number of para-hydroxylation sites is 1. The van der Waals surface area contributed by atoms with E-state index in [0.717, 1.165) is 42.5 Å². The number of nitrogens with zero attached hydrogens (tertiary/aromatic N) is 3. The first kappa shape index (κ1) is 30.9. The van der Waals surface area contributed by atoms with Crippen LogP contribution in [-0.2, 0) is 14.8 Å². The molecule has 0 fully saturated rings. The van der Waals surface area contributed by atoms with Gasteiger partial charge < -0.3 is 14.0 Å². The maximum atomic E-state index is 13.9. The number of hydrogen-bond acceptors (Lipinski definition) is 6. The van der Waals surface area contributed by atoms with Gasteiger partial charge in [-0.1, -0.05) is 18.2 Å². The summed E-state index contributed by atoms with van der Waals surface area (Å²) in [5.74, 6) is 0.0441. The lowest BCUT2D eigenvalue weighted by Crippen LogP contribution is -2.39. The van der Waals surface area contributed by atoms with E-state index in [2.05, 4.69) is 31.0 Å². The molecule has 9 nitrogen and oxygen atoms in total. The average Bonchev–Trinajstić information content (AvgIpc) is 3.23. The number of hydrazone groups is 1. The van der Waals surface area contributed by atoms with Crippen molar-refractivity contribution < 1.29 is 22.7 Å². The molecule has 42 heavy (non-hydrogen) atoms. The Bertz CT molecular complexity index is 1740. The van der Waals surface area contributed by atoms with Crippen LogP contribution in [0.2, 0.25) is 0 Å². The molecule has 0 aliphatic heterocycles. The number of anilines is 1. The van der Waals surface area contributed by atoms with E-state index in [1.165, 1.54) is 32.4 Å². The number of amides is 1. The van der Waals surface area contributed by atoms with Crippen molar-refractivity contribution in [3.8, 4) is 17.2 Å². The van der Waals surface area contributed by atoms with E-state index in [1.54, 1.807) is 18.3 Å². The van der Waals surface area contributed by atoms with E-state index in [0.29, 0.717) is 11.4 Å². The van der Waals surface area contributed by atoms with Crippen molar-refractivity contribution in [1.82, 2.24) is 9.99 Å². The lowest BCUT2D eigenvalue weighted by molar-refractivity contribution is -0.119. The molecular formula is C31H33BrN4O5S. The minimum absolute atomic E-state index is 0.0462. The van der Waals surface area contributed by atoms with Gasteiger partial charge in [-0.05, 0) is 97.2 Å². The molecule has 0 unspecified atom stereocenters. The van der Waals surface area contributed by atoms with Gasteiger partial charge in [0.2, 0.25) is 0 Å². The smallest absolute Gasteiger partial charge is 0.264 e. The predicted octanol–water partition coefficient (Wildman–Crippen LogP) is 5.84. The fourth-order valence-corrected chi connectivity index (χ4v) is 6.66. The zero-order chi connectivity index (χ0) is 30.6. The summed E-state index contributed by atoms with van der Waals surface area (Å²) in [5.41, 5.74) is 8.30. The molecule has 0 bridgehead atoms. The number of aromatic nitrogens is 1. The quantitative estimate of drug-likeness (QED) is 0.171. The highest BCUT2D eigenvalue weighted by atomic mass is 79.9. The van der Waals surface area contributed by atoms with Crippen molar-refractivity contribution >= 4 is 43.8 Å². The Labute approximate surface area is 254 Å². The van der Waals surface area contributed by atoms with Crippen LogP contribution in [0.5, 0.6) is 11.5 Å². The fraction of sp³-hybridized carbons (Fsp3) is 0.226. The minimum atomic E-state index is -4.18. The second-order valence-corrected chi connectivity index (χ2v) is 12.5. The second-order valence-electron chi connectivity index (χ2n) is 9.78. The Morgan fingerprint density at radius 3 is 2.26 bits per heavy atom. The van der Waals surface area contributed by atoms with Crippen LogP contribution in [0.15, 0.2) is 81.2 Å². The molecule has 4 rings (SSSR count). The van der Waals surface area contributed by atoms with E-state index in [9.17, 15) is 13.2 Å². The number of halogens is 1. The summed E-state index contributed by atoms with van der Waals surface area (Å²) in [5, 5.41) is 4.15. The van der Waals surface area contributed by atoms with Gasteiger partial charge in [-0.2, -0.15) is 5.10 Å². The number of benzene rings is 3. The molecule has 1 aromatic heterocycles. The molecule has 0 spiro atoms. The highest BCUT2D eigenvalue weighted by Gasteiger charge is 2.29. The minimum Gasteiger partial charge on any atom is -0.493 e. The molecule has 0 aliphatic carbocycles. The molecule has 11 heteroatoms. The SMILES string of the molecule is COc1ccc(S(=O)(=O)N(CC(=O)N/N=C\c2cc(C)n(-c3ccccc3Br)c2C)c2cc(C)cc(C)c2)cc1OC. The van der Waals surface area contributed by atoms with Gasteiger partial charge >= 0.3 is 0 Å². The maximum absolute atomic E-state index is 13.9. The number of sulfonamides is 1. The van der Waals surface area contributed by atoms with E-state index in [1.807, 2.05) is 64.1 Å². The van der Waals surface area contributed by atoms with Crippen LogP contribution in [0.4, 0.5) is 5.69 Å². The lowest BCUT2D eigenvalue weighted by Gasteiger charge is -2.25. The Morgan fingerprint density at radius 2 is 1.62 bits per heavy atom. The van der Waals surface area contributed by atoms with Crippen LogP contribution in [-0.4, -0.2) is 45.9 Å². The van der Waals surface area contributed by atoms with Crippen molar-refractivity contribution in [1.29, 1.82) is 0 Å². The van der Waals surface area contributed by atoms with Crippen LogP contribution in [0.3, 0.4) is 0 Å². The van der Waals surface area contributed by atoms with Gasteiger partial charge in [-0.15, -0.1) is 0 Å². The van der Waals surface area contributed by atoms with Gasteiger partial charge in [0.05, 0.1) is 36.7 Å². The van der Waals surface area contributed by atoms with Crippen LogP contribution in [0, 0.1) is 27.7 Å². The Hall–Kier alpha value is -4.09. The summed E-state index contributed by atoms with van der Waals surface area (Å²) in [6.07, 6.45) is 1.55. The molecule has 0 aliphatic rings. The van der Waals surface area contributed by atoms with E-state index in [-0.39, 0.29) is 10.6 Å². The van der Waals surface area contributed by atoms with Crippen LogP contribution in [0.1, 0.15) is 28.1 Å². The molecule has 1 N–H and O–H groups in total. The third-order valence-electron chi connectivity index (χ3n) is 6.68. The fourth-order valence-electron chi connectivity index (χ4n) is 4.78. The molecule has 0 atom stereocenters. The third kappa shape index (κ3) is 6.52. The zero-order valence-corrected chi connectivity index (χ0v) is 26.7. The van der Waals surface area contributed by atoms with E-state index < -0.39 is 22.5 Å². The highest BCUT2D eigenvalue weighted by molar-refractivity contribution is 9.10. The summed E-state index contributed by atoms with van der Waals surface area (Å²) in [6, 6.07) is 19.5. The number of methoxy groups -OCH3 is 2. The highest BCUT2D eigenvalue weighted by Crippen LogP contribution is 2.33. The van der Waals surface area contributed by atoms with Crippen molar-refractivity contribution in [3.05, 3.63) is 99.3 Å². The molecule has 220 valence electrons. The third-order valence-corrected chi connectivity index (χ3v) is 9.12. The maximum Gasteiger partial charge on any atom is 0.264 e. The predicted molar refractivity (Wildman–Crippen MR) is 169 cm³/mol. The normalized spacial score (nSPS) is 11.5. The summed E-state index contributed by atoms with van der Waals surface area (Å²) >= 11 is 3.60. The van der Waals surface area contributed by atoms with Crippen molar-refractivity contribution in [2.45, 2.75) is 32.6 Å². The second kappa shape index (κ2) is 12.8. The van der Waals surface area contributed by atoms with Gasteiger partial charge in [0, 0.05) is 27.5 Å². The number of ether oxygens (including phenoxy) is 2. The molecule has 3 aromatic carbocycles. The topological polar surface area (TPSA) is 102 Å². The standard InChI is InChI=1S/C31H33BrN4O5S/c1-20-13-21(2)15-25(14-20)35(42(38,39)26-11-12-29(40-5)30(17-26)41-6)19-31(37)34-33-18-24-16-22(3)36(23(24)4)28-10-8-7-9-27(28)32/h7-18H,19H2,1-6H3,(H,34,37)/b33-18-. The molecule has 1 amide bonds. The molecule has 0 saturated heterocycles. The summed E-state index contributed by atoms with van der Waals surface area (Å²) in [4.78, 5) is 13.1. The van der Waals surface area contributed by atoms with Crippen molar-refractivity contribution in [3.63, 3.8) is 0 Å². The van der Waals surface area contributed by atoms with Crippen LogP contribution < -0.4 is 19.2 Å². The van der Waals surface area contributed by atoms with Crippen LogP contribution in [0.25, 0.3) is 5.69 Å². The molecular weight excluding hydrogens is 620 g/mol. The number of carbonyl (C=O) groups is 1. The van der Waals surface area contributed by atoms with E-state index >= 15 is 0 Å². The van der Waals surface area contributed by atoms with Gasteiger partial charge in [-0.25, -0.2) is 13.8 Å². The van der Waals surface area contributed by atoms with Crippen LogP contribution >= 0.6 is 15.9 Å². The van der Waals surface area contributed by atoms with Gasteiger partial charge in [0.1, 0.15) is 6.54 Å². The first-order chi connectivity index (χ1) is 20.0. The summed E-state index contributed by atoms with van der Waals surface area (Å²) in [6.45, 7) is 7.20. The van der Waals surface area contributed by atoms with E-state index in [4.69, 9.17) is 9.47 Å². The molecule has 4 aromatic rings. The number of carbonyl (C=O) groups excluding carboxylic acids is 1. The van der Waals surface area contributed by atoms with Crippen molar-refractivity contribution in [2.75, 3.05) is 25.1 Å². The van der Waals surface area contributed by atoms with Crippen molar-refractivity contribution in [2.24, 2.45) is 5.10 Å². The Balaban J connectivity index is 1.62. The number of aryl methyl sites for hydroxylation is 3. The van der Waals surface area contributed by atoms with Gasteiger partial charge in [-0.3, -0.25) is 9.10 Å². The number of rotatable bonds is 10. The Kier molecular flexibility index (Phi) is 9.43. The monoisotopic (exact) mass is 652 g/mol. The summed E-state index contributed by atoms with van der Waals surface area (Å²) < 4.78 is 42.5. The van der Waals surface area contributed by atoms with Gasteiger partial charge in [0.15, 0.2) is 11.5 Å².